The van der Waals surface area contributed by atoms with Crippen LogP contribution in [0.1, 0.15) is 12.1 Å². The van der Waals surface area contributed by atoms with E-state index in [0.717, 1.165) is 11.9 Å². The van der Waals surface area contributed by atoms with Crippen molar-refractivity contribution in [2.45, 2.75) is 24.7 Å². The van der Waals surface area contributed by atoms with Gasteiger partial charge in [0.25, 0.3) is 0 Å². The third-order valence-corrected chi connectivity index (χ3v) is 6.61. The molecule has 31 heavy (non-hydrogen) atoms. The van der Waals surface area contributed by atoms with E-state index < -0.39 is 0 Å². The van der Waals surface area contributed by atoms with Crippen LogP contribution in [0.4, 0.5) is 5.82 Å². The zero-order valence-electron chi connectivity index (χ0n) is 16.6. The van der Waals surface area contributed by atoms with E-state index >= 15 is 0 Å². The smallest absolute Gasteiger partial charge is 0.155 e. The zero-order chi connectivity index (χ0) is 21.3. The number of aliphatic hydroxyl groups is 1. The number of aliphatic hydroxyl groups excluding tert-OH is 1. The molecular weight excluding hydrogens is 398 g/mol. The highest BCUT2D eigenvalue weighted by molar-refractivity contribution is 5.83. The van der Waals surface area contributed by atoms with Crippen molar-refractivity contribution in [1.29, 1.82) is 5.26 Å². The summed E-state index contributed by atoms with van der Waals surface area (Å²) >= 11 is 0. The number of nitrogens with two attached hydrogens (primary N) is 1. The van der Waals surface area contributed by atoms with E-state index in [0.29, 0.717) is 34.2 Å². The van der Waals surface area contributed by atoms with Crippen molar-refractivity contribution in [3.8, 4) is 28.7 Å². The van der Waals surface area contributed by atoms with Crippen molar-refractivity contribution in [2.75, 3.05) is 12.8 Å². The Balaban J connectivity index is 1.46. The molecule has 0 amide bonds. The third-order valence-electron chi connectivity index (χ3n) is 6.61. The second-order valence-electron chi connectivity index (χ2n) is 8.05. The summed E-state index contributed by atoms with van der Waals surface area (Å²) in [7, 11) is 1.67. The average Bonchev–Trinajstić information content (AvgIpc) is 3.32. The normalized spacial score (nSPS) is 26.4. The molecule has 0 bridgehead atoms. The van der Waals surface area contributed by atoms with Crippen LogP contribution in [0, 0.1) is 23.2 Å². The Morgan fingerprint density at radius 2 is 2.29 bits per heavy atom. The summed E-state index contributed by atoms with van der Waals surface area (Å²) in [6, 6.07) is 5.98. The van der Waals surface area contributed by atoms with Crippen LogP contribution in [0.5, 0.6) is 0 Å². The molecular formula is C20H19N9O2. The highest BCUT2D eigenvalue weighted by Gasteiger charge is 2.78. The molecule has 0 aliphatic heterocycles. The summed E-state index contributed by atoms with van der Waals surface area (Å²) in [5, 5.41) is 34.8. The van der Waals surface area contributed by atoms with Gasteiger partial charge in [-0.3, -0.25) is 9.78 Å². The highest BCUT2D eigenvalue weighted by Crippen LogP contribution is 2.70. The second kappa shape index (κ2) is 6.13. The minimum absolute atomic E-state index is 0.0712. The molecule has 0 spiro atoms. The number of hydrogen-bond donors (Lipinski definition) is 3. The van der Waals surface area contributed by atoms with Crippen molar-refractivity contribution in [3.63, 3.8) is 0 Å². The first-order valence-electron chi connectivity index (χ1n) is 9.89. The van der Waals surface area contributed by atoms with Crippen LogP contribution in [0.3, 0.4) is 0 Å². The summed E-state index contributed by atoms with van der Waals surface area (Å²) in [4.78, 5) is 4.80. The van der Waals surface area contributed by atoms with Gasteiger partial charge in [-0.15, -0.1) is 0 Å². The van der Waals surface area contributed by atoms with Crippen LogP contribution in [-0.4, -0.2) is 52.9 Å². The predicted octanol–water partition coefficient (Wildman–Crippen LogP) is 0.941. The van der Waals surface area contributed by atoms with Gasteiger partial charge in [-0.2, -0.15) is 20.6 Å². The van der Waals surface area contributed by atoms with Crippen LogP contribution >= 0.6 is 0 Å². The maximum absolute atomic E-state index is 9.59. The molecule has 6 rings (SSSR count). The third kappa shape index (κ3) is 2.28. The van der Waals surface area contributed by atoms with Gasteiger partial charge in [-0.25, -0.2) is 9.50 Å². The Kier molecular flexibility index (Phi) is 3.57. The van der Waals surface area contributed by atoms with Crippen molar-refractivity contribution in [2.24, 2.45) is 11.8 Å². The van der Waals surface area contributed by atoms with Gasteiger partial charge in [0.1, 0.15) is 17.1 Å². The van der Waals surface area contributed by atoms with Crippen molar-refractivity contribution >= 4 is 11.3 Å². The average molecular weight is 417 g/mol. The number of aromatic amines is 1. The Morgan fingerprint density at radius 1 is 1.42 bits per heavy atom. The van der Waals surface area contributed by atoms with E-state index in [9.17, 15) is 10.4 Å². The van der Waals surface area contributed by atoms with E-state index in [1.807, 2.05) is 16.9 Å². The molecule has 2 fully saturated rings. The fourth-order valence-electron chi connectivity index (χ4n) is 4.96. The molecule has 2 unspecified atom stereocenters. The molecule has 2 aliphatic carbocycles. The fourth-order valence-corrected chi connectivity index (χ4v) is 4.96. The number of methoxy groups -OCH3 is 1. The highest BCUT2D eigenvalue weighted by atomic mass is 16.5. The lowest BCUT2D eigenvalue weighted by atomic mass is 9.89. The molecule has 11 nitrogen and oxygen atoms in total. The number of nitrogen functional groups attached to an aromatic ring is 1. The number of H-pyrrole nitrogens is 1. The van der Waals surface area contributed by atoms with Crippen molar-refractivity contribution < 1.29 is 9.84 Å². The van der Waals surface area contributed by atoms with E-state index in [1.165, 1.54) is 0 Å². The molecule has 156 valence electrons. The molecule has 4 aromatic rings. The Labute approximate surface area is 176 Å². The number of nitriles is 1. The Hall–Kier alpha value is -3.75. The number of nitrogens with zero attached hydrogens (tertiary/aromatic N) is 7. The molecule has 4 atom stereocenters. The molecule has 4 aromatic heterocycles. The number of anilines is 1. The first-order chi connectivity index (χ1) is 15.1. The zero-order valence-corrected chi connectivity index (χ0v) is 16.6. The number of rotatable bonds is 5. The van der Waals surface area contributed by atoms with E-state index in [2.05, 4.69) is 26.5 Å². The largest absolute Gasteiger partial charge is 0.390 e. The lowest BCUT2D eigenvalue weighted by Crippen LogP contribution is -2.40. The first kappa shape index (κ1) is 18.1. The molecule has 0 aromatic carbocycles. The minimum Gasteiger partial charge on any atom is -0.390 e. The lowest BCUT2D eigenvalue weighted by molar-refractivity contribution is -0.00484. The molecule has 11 heteroatoms. The van der Waals surface area contributed by atoms with Crippen LogP contribution < -0.4 is 5.73 Å². The van der Waals surface area contributed by atoms with E-state index in [-0.39, 0.29) is 30.1 Å². The van der Waals surface area contributed by atoms with Crippen LogP contribution in [-0.2, 0) is 16.9 Å². The molecule has 4 heterocycles. The first-order valence-corrected chi connectivity index (χ1v) is 9.89. The van der Waals surface area contributed by atoms with E-state index in [4.69, 9.17) is 15.5 Å². The SMILES string of the molecule is CO[C@H]1C[C@]2(n3cc(-c4nc(-c5cc(CO)[nH]n5)cn5nccc45)c(N)n3)C(C#N)C12. The van der Waals surface area contributed by atoms with Gasteiger partial charge in [0.15, 0.2) is 5.82 Å². The second-order valence-corrected chi connectivity index (χ2v) is 8.05. The maximum Gasteiger partial charge on any atom is 0.155 e. The van der Waals surface area contributed by atoms with Crippen LogP contribution in [0.25, 0.3) is 28.2 Å². The topological polar surface area (TPSA) is 156 Å². The summed E-state index contributed by atoms with van der Waals surface area (Å²) < 4.78 is 9.02. The summed E-state index contributed by atoms with van der Waals surface area (Å²) in [6.07, 6.45) is 6.13. The number of aromatic nitrogens is 7. The summed E-state index contributed by atoms with van der Waals surface area (Å²) in [5.41, 5.74) is 9.79. The molecule has 2 aliphatic rings. The van der Waals surface area contributed by atoms with Gasteiger partial charge in [0, 0.05) is 25.6 Å². The minimum atomic E-state index is -0.353. The van der Waals surface area contributed by atoms with Crippen LogP contribution in [0.15, 0.2) is 30.7 Å². The molecule has 2 saturated carbocycles. The van der Waals surface area contributed by atoms with E-state index in [1.54, 1.807) is 30.1 Å². The van der Waals surface area contributed by atoms with Gasteiger partial charge in [-0.1, -0.05) is 0 Å². The van der Waals surface area contributed by atoms with Crippen molar-refractivity contribution in [1.82, 2.24) is 34.6 Å². The molecule has 0 saturated heterocycles. The van der Waals surface area contributed by atoms with Gasteiger partial charge >= 0.3 is 0 Å². The summed E-state index contributed by atoms with van der Waals surface area (Å²) in [6.45, 7) is -0.143. The van der Waals surface area contributed by atoms with Gasteiger partial charge < -0.3 is 15.6 Å². The molecule has 0 radical (unpaired) electrons. The monoisotopic (exact) mass is 417 g/mol. The fraction of sp³-hybridized carbons (Fsp3) is 0.350. The van der Waals surface area contributed by atoms with Crippen LogP contribution in [0.2, 0.25) is 0 Å². The Morgan fingerprint density at radius 3 is 3.03 bits per heavy atom. The van der Waals surface area contributed by atoms with Gasteiger partial charge in [-0.05, 0) is 12.1 Å². The number of hydrogen-bond acceptors (Lipinski definition) is 8. The van der Waals surface area contributed by atoms with Crippen molar-refractivity contribution in [3.05, 3.63) is 36.4 Å². The predicted molar refractivity (Wildman–Crippen MR) is 108 cm³/mol. The summed E-state index contributed by atoms with van der Waals surface area (Å²) in [5.74, 6) is 0.327. The maximum atomic E-state index is 9.59. The molecule has 4 N–H and O–H groups in total. The standard InChI is InChI=1S/C20H19N9O2/c1-31-16-5-20(12(6-21)17(16)20)29-7-11(19(22)27-29)18-15-2-3-23-28(15)8-14(24-18)13-4-10(9-30)25-26-13/h2-4,7-8,12,16-17,30H,5,9H2,1H3,(H2,22,27)(H,25,26)/t12?,16-,17?,20-/m0/s1. The van der Waals surface area contributed by atoms with Gasteiger partial charge in [0.2, 0.25) is 0 Å². The number of nitrogens with one attached hydrogen (secondary N) is 1. The number of ether oxygens (including phenoxy) is 1. The lowest BCUT2D eigenvalue weighted by Gasteiger charge is -2.33. The quantitative estimate of drug-likeness (QED) is 0.433. The Bertz CT molecular complexity index is 1360. The van der Waals surface area contributed by atoms with Gasteiger partial charge in [0.05, 0.1) is 59.4 Å². The number of fused-ring (bicyclic) bond motifs is 2.